The highest BCUT2D eigenvalue weighted by molar-refractivity contribution is 7.99. The molecule has 0 amide bonds. The van der Waals surface area contributed by atoms with Crippen LogP contribution in [-0.2, 0) is 4.74 Å². The van der Waals surface area contributed by atoms with Crippen LogP contribution in [-0.4, -0.2) is 33.2 Å². The lowest BCUT2D eigenvalue weighted by molar-refractivity contribution is 0.426. The number of thioether (sulfide) groups is 1. The third-order valence-corrected chi connectivity index (χ3v) is 4.42. The highest BCUT2D eigenvalue weighted by Crippen LogP contribution is 2.46. The molecule has 5 heteroatoms. The van der Waals surface area contributed by atoms with Crippen LogP contribution in [0.5, 0.6) is 0 Å². The van der Waals surface area contributed by atoms with Gasteiger partial charge in [0, 0.05) is 17.7 Å². The van der Waals surface area contributed by atoms with Crippen molar-refractivity contribution in [3.63, 3.8) is 0 Å². The molecule has 1 aromatic heterocycles. The number of hydrogen-bond donors (Lipinski definition) is 0. The summed E-state index contributed by atoms with van der Waals surface area (Å²) in [5.41, 5.74) is 0. The van der Waals surface area contributed by atoms with E-state index in [4.69, 9.17) is 4.74 Å². The molecular weight excluding hydrogens is 222 g/mol. The molecule has 1 unspecified atom stereocenters. The van der Waals surface area contributed by atoms with E-state index in [0.29, 0.717) is 18.1 Å². The van der Waals surface area contributed by atoms with Gasteiger partial charge in [-0.1, -0.05) is 11.8 Å². The van der Waals surface area contributed by atoms with Crippen molar-refractivity contribution in [2.75, 3.05) is 12.4 Å². The molecule has 1 saturated heterocycles. The molecule has 2 saturated carbocycles. The van der Waals surface area contributed by atoms with Crippen LogP contribution in [0.1, 0.15) is 43.5 Å². The molecule has 0 bridgehead atoms. The molecule has 2 heterocycles. The van der Waals surface area contributed by atoms with E-state index in [9.17, 15) is 0 Å². The van der Waals surface area contributed by atoms with Gasteiger partial charge < -0.3 is 9.30 Å². The zero-order valence-corrected chi connectivity index (χ0v) is 9.95. The van der Waals surface area contributed by atoms with E-state index >= 15 is 0 Å². The Kier molecular flexibility index (Phi) is 2.05. The molecular formula is C11H15N3OS. The second kappa shape index (κ2) is 3.47. The van der Waals surface area contributed by atoms with Crippen LogP contribution in [0, 0.1) is 0 Å². The maximum absolute atomic E-state index is 5.23. The number of rotatable bonds is 5. The SMILES string of the molecule is C1OC1CSc1nnc(C2CC2)n1C1CC1. The summed E-state index contributed by atoms with van der Waals surface area (Å²) >= 11 is 1.82. The lowest BCUT2D eigenvalue weighted by Gasteiger charge is -2.07. The predicted octanol–water partition coefficient (Wildman–Crippen LogP) is 1.98. The zero-order valence-electron chi connectivity index (χ0n) is 9.13. The molecule has 0 N–H and O–H groups in total. The summed E-state index contributed by atoms with van der Waals surface area (Å²) in [7, 11) is 0. The van der Waals surface area contributed by atoms with Gasteiger partial charge in [-0.05, 0) is 25.7 Å². The van der Waals surface area contributed by atoms with Gasteiger partial charge in [0.25, 0.3) is 0 Å². The molecule has 4 nitrogen and oxygen atoms in total. The van der Waals surface area contributed by atoms with Gasteiger partial charge in [0.15, 0.2) is 5.16 Å². The third-order valence-electron chi connectivity index (χ3n) is 3.35. The molecule has 1 aromatic rings. The summed E-state index contributed by atoms with van der Waals surface area (Å²) in [6.07, 6.45) is 5.71. The minimum Gasteiger partial charge on any atom is -0.372 e. The number of hydrogen-bond acceptors (Lipinski definition) is 4. The lowest BCUT2D eigenvalue weighted by atomic mass is 10.4. The number of aromatic nitrogens is 3. The first-order valence-electron chi connectivity index (χ1n) is 6.11. The van der Waals surface area contributed by atoms with Crippen LogP contribution in [0.4, 0.5) is 0 Å². The molecule has 0 spiro atoms. The Labute approximate surface area is 98.8 Å². The Hall–Kier alpha value is -0.550. The van der Waals surface area contributed by atoms with Crippen LogP contribution >= 0.6 is 11.8 Å². The Morgan fingerprint density at radius 2 is 2.06 bits per heavy atom. The zero-order chi connectivity index (χ0) is 10.5. The van der Waals surface area contributed by atoms with Crippen molar-refractivity contribution >= 4 is 11.8 Å². The molecule has 1 aliphatic heterocycles. The van der Waals surface area contributed by atoms with E-state index in [-0.39, 0.29) is 0 Å². The normalized spacial score (nSPS) is 28.4. The first-order chi connectivity index (χ1) is 7.92. The average Bonchev–Trinajstić information content (AvgIpc) is 3.10. The van der Waals surface area contributed by atoms with Gasteiger partial charge in [0.2, 0.25) is 0 Å². The van der Waals surface area contributed by atoms with Crippen molar-refractivity contribution in [3.05, 3.63) is 5.82 Å². The molecule has 3 fully saturated rings. The highest BCUT2D eigenvalue weighted by Gasteiger charge is 2.36. The molecule has 16 heavy (non-hydrogen) atoms. The van der Waals surface area contributed by atoms with Crippen molar-refractivity contribution in [3.8, 4) is 0 Å². The minimum absolute atomic E-state index is 0.471. The fourth-order valence-electron chi connectivity index (χ4n) is 2.01. The van der Waals surface area contributed by atoms with Crippen molar-refractivity contribution in [1.29, 1.82) is 0 Å². The summed E-state index contributed by atoms with van der Waals surface area (Å²) in [6, 6.07) is 0.702. The van der Waals surface area contributed by atoms with Crippen LogP contribution < -0.4 is 0 Å². The minimum atomic E-state index is 0.471. The second-order valence-electron chi connectivity index (χ2n) is 4.98. The smallest absolute Gasteiger partial charge is 0.191 e. The molecule has 4 rings (SSSR count). The van der Waals surface area contributed by atoms with E-state index < -0.39 is 0 Å². The Balaban J connectivity index is 1.57. The lowest BCUT2D eigenvalue weighted by Crippen LogP contribution is -2.02. The van der Waals surface area contributed by atoms with Crippen molar-refractivity contribution in [2.24, 2.45) is 0 Å². The first kappa shape index (κ1) is 9.48. The summed E-state index contributed by atoms with van der Waals surface area (Å²) in [5, 5.41) is 9.87. The Morgan fingerprint density at radius 3 is 2.69 bits per heavy atom. The highest BCUT2D eigenvalue weighted by atomic mass is 32.2. The van der Waals surface area contributed by atoms with Crippen LogP contribution in [0.3, 0.4) is 0 Å². The van der Waals surface area contributed by atoms with E-state index in [2.05, 4.69) is 14.8 Å². The quantitative estimate of drug-likeness (QED) is 0.580. The van der Waals surface area contributed by atoms with Crippen LogP contribution in [0.25, 0.3) is 0 Å². The molecule has 3 aliphatic rings. The van der Waals surface area contributed by atoms with Gasteiger partial charge in [-0.3, -0.25) is 0 Å². The van der Waals surface area contributed by atoms with Gasteiger partial charge in [-0.15, -0.1) is 10.2 Å². The van der Waals surface area contributed by atoms with E-state index in [1.54, 1.807) is 0 Å². The molecule has 0 aromatic carbocycles. The number of epoxide rings is 1. The fourth-order valence-corrected chi connectivity index (χ4v) is 3.02. The molecule has 1 atom stereocenters. The monoisotopic (exact) mass is 237 g/mol. The number of nitrogens with zero attached hydrogens (tertiary/aromatic N) is 3. The van der Waals surface area contributed by atoms with Gasteiger partial charge in [0.1, 0.15) is 5.82 Å². The van der Waals surface area contributed by atoms with Crippen LogP contribution in [0.2, 0.25) is 0 Å². The Morgan fingerprint density at radius 1 is 1.25 bits per heavy atom. The summed E-state index contributed by atoms with van der Waals surface area (Å²) in [5.74, 6) is 3.00. The topological polar surface area (TPSA) is 43.2 Å². The van der Waals surface area contributed by atoms with Crippen LogP contribution in [0.15, 0.2) is 5.16 Å². The third kappa shape index (κ3) is 1.76. The summed E-state index contributed by atoms with van der Waals surface area (Å²) in [4.78, 5) is 0. The maximum Gasteiger partial charge on any atom is 0.191 e. The van der Waals surface area contributed by atoms with Gasteiger partial charge in [0.05, 0.1) is 12.7 Å². The summed E-state index contributed by atoms with van der Waals surface area (Å²) < 4.78 is 7.64. The largest absolute Gasteiger partial charge is 0.372 e. The van der Waals surface area contributed by atoms with E-state index in [1.807, 2.05) is 11.8 Å². The molecule has 86 valence electrons. The second-order valence-corrected chi connectivity index (χ2v) is 5.97. The van der Waals surface area contributed by atoms with Crippen molar-refractivity contribution in [2.45, 2.75) is 48.9 Å². The van der Waals surface area contributed by atoms with Crippen molar-refractivity contribution < 1.29 is 4.74 Å². The fraction of sp³-hybridized carbons (Fsp3) is 0.818. The predicted molar refractivity (Wildman–Crippen MR) is 60.7 cm³/mol. The maximum atomic E-state index is 5.23. The number of ether oxygens (including phenoxy) is 1. The summed E-state index contributed by atoms with van der Waals surface area (Å²) in [6.45, 7) is 0.931. The first-order valence-corrected chi connectivity index (χ1v) is 7.09. The van der Waals surface area contributed by atoms with E-state index in [0.717, 1.165) is 17.5 Å². The standard InChI is InChI=1S/C11H15N3OS/c1-2-7(1)10-12-13-11(14(10)8-3-4-8)16-6-9-5-15-9/h7-9H,1-6H2. The molecule has 2 aliphatic carbocycles. The van der Waals surface area contributed by atoms with Gasteiger partial charge in [-0.25, -0.2) is 0 Å². The Bertz CT molecular complexity index is 407. The average molecular weight is 237 g/mol. The van der Waals surface area contributed by atoms with Crippen molar-refractivity contribution in [1.82, 2.24) is 14.8 Å². The van der Waals surface area contributed by atoms with Gasteiger partial charge in [-0.2, -0.15) is 0 Å². The molecule has 0 radical (unpaired) electrons. The van der Waals surface area contributed by atoms with E-state index in [1.165, 1.54) is 31.5 Å². The van der Waals surface area contributed by atoms with Gasteiger partial charge >= 0.3 is 0 Å².